The Hall–Kier alpha value is -1.15. The van der Waals surface area contributed by atoms with E-state index >= 15 is 0 Å². The molecule has 0 aromatic carbocycles. The van der Waals surface area contributed by atoms with Crippen LogP contribution >= 0.6 is 12.2 Å². The van der Waals surface area contributed by atoms with E-state index in [-0.39, 0.29) is 5.92 Å². The van der Waals surface area contributed by atoms with Crippen LogP contribution in [0.1, 0.15) is 31.1 Å². The molecule has 1 aromatic rings. The van der Waals surface area contributed by atoms with E-state index in [0.29, 0.717) is 5.92 Å². The van der Waals surface area contributed by atoms with Crippen LogP contribution in [0, 0.1) is 12.0 Å². The summed E-state index contributed by atoms with van der Waals surface area (Å²) in [7, 11) is 0. The van der Waals surface area contributed by atoms with Crippen molar-refractivity contribution in [2.75, 3.05) is 0 Å². The lowest BCUT2D eigenvalue weighted by atomic mass is 9.92. The molecule has 0 N–H and O–H groups in total. The Morgan fingerprint density at radius 1 is 1.50 bits per heavy atom. The molecule has 1 unspecified atom stereocenters. The van der Waals surface area contributed by atoms with E-state index in [2.05, 4.69) is 26.0 Å². The minimum absolute atomic E-state index is 0.0868. The van der Waals surface area contributed by atoms with Crippen LogP contribution in [0.15, 0.2) is 35.0 Å². The van der Waals surface area contributed by atoms with Gasteiger partial charge >= 0.3 is 0 Å². The highest BCUT2D eigenvalue weighted by molar-refractivity contribution is 7.80. The van der Waals surface area contributed by atoms with E-state index in [1.54, 1.807) is 6.26 Å². The predicted octanol–water partition coefficient (Wildman–Crippen LogP) is 3.86. The van der Waals surface area contributed by atoms with E-state index in [0.717, 1.165) is 17.0 Å². The third-order valence-corrected chi connectivity index (χ3v) is 2.97. The minimum atomic E-state index is 0.0868. The maximum Gasteiger partial charge on any atom is 0.119 e. The highest BCUT2D eigenvalue weighted by atomic mass is 32.1. The molecule has 83 valence electrons. The van der Waals surface area contributed by atoms with Gasteiger partial charge in [0.2, 0.25) is 0 Å². The summed E-state index contributed by atoms with van der Waals surface area (Å²) >= 11 is 5.29. The Bertz CT molecular complexity index is 437. The summed E-state index contributed by atoms with van der Waals surface area (Å²) in [5, 5.41) is 0. The largest absolute Gasteiger partial charge is 0.468 e. The summed E-state index contributed by atoms with van der Waals surface area (Å²) in [6, 6.07) is 2.05. The Morgan fingerprint density at radius 3 is 3.00 bits per heavy atom. The van der Waals surface area contributed by atoms with E-state index in [4.69, 9.17) is 16.6 Å². The van der Waals surface area contributed by atoms with Crippen LogP contribution in [0.3, 0.4) is 0 Å². The number of hydrogen-bond acceptors (Lipinski definition) is 2. The van der Waals surface area contributed by atoms with Crippen molar-refractivity contribution >= 4 is 17.1 Å². The first-order chi connectivity index (χ1) is 7.68. The summed E-state index contributed by atoms with van der Waals surface area (Å²) in [6.07, 6.45) is 11.7. The fourth-order valence-electron chi connectivity index (χ4n) is 1.91. The molecule has 1 aliphatic rings. The van der Waals surface area contributed by atoms with Crippen molar-refractivity contribution in [2.45, 2.75) is 26.2 Å². The van der Waals surface area contributed by atoms with Crippen molar-refractivity contribution in [3.05, 3.63) is 48.0 Å². The summed E-state index contributed by atoms with van der Waals surface area (Å²) in [4.78, 5) is 0.808. The summed E-state index contributed by atoms with van der Waals surface area (Å²) in [5.74, 6) is 1.69. The topological polar surface area (TPSA) is 13.1 Å². The second kappa shape index (κ2) is 4.79. The smallest absolute Gasteiger partial charge is 0.119 e. The van der Waals surface area contributed by atoms with Gasteiger partial charge in [0.05, 0.1) is 12.2 Å². The molecule has 0 spiro atoms. The first-order valence-corrected chi connectivity index (χ1v) is 5.96. The zero-order valence-corrected chi connectivity index (χ0v) is 10.4. The van der Waals surface area contributed by atoms with Gasteiger partial charge < -0.3 is 4.42 Å². The van der Waals surface area contributed by atoms with Gasteiger partial charge in [0.15, 0.2) is 0 Å². The molecule has 2 heteroatoms. The molecule has 0 saturated carbocycles. The van der Waals surface area contributed by atoms with Gasteiger partial charge in [0, 0.05) is 4.86 Å². The fraction of sp³-hybridized carbons (Fsp3) is 0.357. The summed E-state index contributed by atoms with van der Waals surface area (Å²) < 4.78 is 5.58. The van der Waals surface area contributed by atoms with Crippen molar-refractivity contribution in [3.8, 4) is 0 Å². The van der Waals surface area contributed by atoms with E-state index < -0.39 is 0 Å². The maximum atomic E-state index is 5.58. The van der Waals surface area contributed by atoms with E-state index in [1.165, 1.54) is 5.56 Å². The lowest BCUT2D eigenvalue weighted by Gasteiger charge is -2.14. The Morgan fingerprint density at radius 2 is 2.31 bits per heavy atom. The van der Waals surface area contributed by atoms with Gasteiger partial charge in [-0.25, -0.2) is 0 Å². The standard InChI is InChI=1S/C14H15OS/c1-10(2)9-11-7-8-15-14(11)12-5-3-4-6-13(12)16/h3-5,7-8,10,12H,9H2,1-2H3. The number of rotatable bonds is 3. The molecule has 1 atom stereocenters. The minimum Gasteiger partial charge on any atom is -0.468 e. The van der Waals surface area contributed by atoms with Gasteiger partial charge in [-0.05, 0) is 30.0 Å². The number of thiocarbonyl (C=S) groups is 1. The average Bonchev–Trinajstić information content (AvgIpc) is 2.66. The molecule has 1 aromatic heterocycles. The molecule has 1 radical (unpaired) electrons. The highest BCUT2D eigenvalue weighted by Crippen LogP contribution is 2.28. The molecule has 0 aliphatic heterocycles. The second-order valence-corrected chi connectivity index (χ2v) is 4.89. The van der Waals surface area contributed by atoms with Crippen molar-refractivity contribution in [1.82, 2.24) is 0 Å². The molecule has 0 saturated heterocycles. The number of hydrogen-bond donors (Lipinski definition) is 0. The van der Waals surface area contributed by atoms with Crippen molar-refractivity contribution < 1.29 is 4.42 Å². The molecule has 1 nitrogen and oxygen atoms in total. The van der Waals surface area contributed by atoms with Gasteiger partial charge in [0.25, 0.3) is 0 Å². The van der Waals surface area contributed by atoms with Crippen LogP contribution in [0.5, 0.6) is 0 Å². The Labute approximate surface area is 102 Å². The third kappa shape index (κ3) is 2.33. The van der Waals surface area contributed by atoms with Crippen LogP contribution in [0.25, 0.3) is 0 Å². The zero-order chi connectivity index (χ0) is 11.5. The quantitative estimate of drug-likeness (QED) is 0.733. The SMILES string of the molecule is CC(C)Cc1ccoc1C1C=CC=[C]C1=S. The maximum absolute atomic E-state index is 5.58. The molecular weight excluding hydrogens is 216 g/mol. The first kappa shape index (κ1) is 11.3. The van der Waals surface area contributed by atoms with E-state index in [1.807, 2.05) is 18.2 Å². The second-order valence-electron chi connectivity index (χ2n) is 4.45. The molecule has 2 rings (SSSR count). The summed E-state index contributed by atoms with van der Waals surface area (Å²) in [6.45, 7) is 4.41. The van der Waals surface area contributed by atoms with Crippen LogP contribution in [-0.4, -0.2) is 4.86 Å². The van der Waals surface area contributed by atoms with Gasteiger partial charge in [-0.1, -0.05) is 44.3 Å². The predicted molar refractivity (Wildman–Crippen MR) is 69.5 cm³/mol. The molecule has 0 bridgehead atoms. The summed E-state index contributed by atoms with van der Waals surface area (Å²) in [5.41, 5.74) is 1.26. The van der Waals surface area contributed by atoms with Gasteiger partial charge in [-0.3, -0.25) is 0 Å². The van der Waals surface area contributed by atoms with Crippen molar-refractivity contribution in [2.24, 2.45) is 5.92 Å². The highest BCUT2D eigenvalue weighted by Gasteiger charge is 2.21. The van der Waals surface area contributed by atoms with Crippen molar-refractivity contribution in [1.29, 1.82) is 0 Å². The Kier molecular flexibility index (Phi) is 3.39. The Balaban J connectivity index is 2.26. The molecule has 1 heterocycles. The molecule has 0 amide bonds. The number of furan rings is 1. The van der Waals surface area contributed by atoms with Gasteiger partial charge in [-0.15, -0.1) is 0 Å². The first-order valence-electron chi connectivity index (χ1n) is 5.55. The van der Waals surface area contributed by atoms with Crippen LogP contribution in [0.2, 0.25) is 0 Å². The lowest BCUT2D eigenvalue weighted by Crippen LogP contribution is -2.10. The van der Waals surface area contributed by atoms with Crippen LogP contribution in [-0.2, 0) is 6.42 Å². The monoisotopic (exact) mass is 231 g/mol. The van der Waals surface area contributed by atoms with Crippen molar-refractivity contribution in [3.63, 3.8) is 0 Å². The average molecular weight is 231 g/mol. The van der Waals surface area contributed by atoms with Crippen LogP contribution in [0.4, 0.5) is 0 Å². The third-order valence-electron chi connectivity index (χ3n) is 2.60. The molecule has 1 aliphatic carbocycles. The number of allylic oxidation sites excluding steroid dienone is 4. The van der Waals surface area contributed by atoms with E-state index in [9.17, 15) is 0 Å². The fourth-order valence-corrected chi connectivity index (χ4v) is 2.16. The molecule has 0 fully saturated rings. The van der Waals surface area contributed by atoms with Gasteiger partial charge in [0.1, 0.15) is 5.76 Å². The van der Waals surface area contributed by atoms with Crippen LogP contribution < -0.4 is 0 Å². The zero-order valence-electron chi connectivity index (χ0n) is 9.57. The lowest BCUT2D eigenvalue weighted by molar-refractivity contribution is 0.505. The molecule has 16 heavy (non-hydrogen) atoms. The normalized spacial score (nSPS) is 19.7. The van der Waals surface area contributed by atoms with Gasteiger partial charge in [-0.2, -0.15) is 0 Å². The molecular formula is C14H15OS.